The summed E-state index contributed by atoms with van der Waals surface area (Å²) in [4.78, 5) is 6.16. The standard InChI is InChI=1S/C13H21N3O3/c14-11-3-4-12(16(5-7-17)6-8-18)15-13(11)19-9-10-1-2-10/h3-4,10,17-18H,1-2,5-9,14H2. The van der Waals surface area contributed by atoms with E-state index in [1.54, 1.807) is 17.0 Å². The second-order valence-corrected chi connectivity index (χ2v) is 4.75. The minimum atomic E-state index is 0.00429. The second kappa shape index (κ2) is 6.58. The Hall–Kier alpha value is -1.53. The number of ether oxygens (including phenoxy) is 1. The number of rotatable bonds is 8. The molecule has 1 aromatic rings. The van der Waals surface area contributed by atoms with Gasteiger partial charge in [-0.2, -0.15) is 4.98 Å². The predicted octanol–water partition coefficient (Wildman–Crippen LogP) is 0.244. The van der Waals surface area contributed by atoms with Crippen LogP contribution in [0.1, 0.15) is 12.8 Å². The van der Waals surface area contributed by atoms with Crippen LogP contribution in [0.25, 0.3) is 0 Å². The summed E-state index contributed by atoms with van der Waals surface area (Å²) in [5.74, 6) is 1.73. The van der Waals surface area contributed by atoms with Gasteiger partial charge in [0, 0.05) is 13.1 Å². The Morgan fingerprint density at radius 2 is 1.95 bits per heavy atom. The van der Waals surface area contributed by atoms with Crippen LogP contribution in [0.4, 0.5) is 11.5 Å². The summed E-state index contributed by atoms with van der Waals surface area (Å²) in [7, 11) is 0. The summed E-state index contributed by atoms with van der Waals surface area (Å²) in [5, 5.41) is 18.1. The zero-order valence-corrected chi connectivity index (χ0v) is 11.0. The van der Waals surface area contributed by atoms with Gasteiger partial charge >= 0.3 is 0 Å². The summed E-state index contributed by atoms with van der Waals surface area (Å²) >= 11 is 0. The summed E-state index contributed by atoms with van der Waals surface area (Å²) in [6.45, 7) is 1.49. The molecule has 0 unspecified atom stereocenters. The van der Waals surface area contributed by atoms with Crippen molar-refractivity contribution >= 4 is 11.5 Å². The van der Waals surface area contributed by atoms with Gasteiger partial charge in [-0.05, 0) is 30.9 Å². The number of hydrogen-bond donors (Lipinski definition) is 3. The van der Waals surface area contributed by atoms with Crippen LogP contribution in [0.3, 0.4) is 0 Å². The van der Waals surface area contributed by atoms with Crippen molar-refractivity contribution in [2.75, 3.05) is 43.5 Å². The van der Waals surface area contributed by atoms with E-state index in [0.717, 1.165) is 0 Å². The van der Waals surface area contributed by atoms with Gasteiger partial charge in [0.2, 0.25) is 5.88 Å². The maximum Gasteiger partial charge on any atom is 0.239 e. The van der Waals surface area contributed by atoms with E-state index in [1.165, 1.54) is 12.8 Å². The average molecular weight is 267 g/mol. The number of nitrogens with two attached hydrogens (primary N) is 1. The highest BCUT2D eigenvalue weighted by atomic mass is 16.5. The van der Waals surface area contributed by atoms with Crippen LogP contribution in [0.5, 0.6) is 5.88 Å². The molecule has 4 N–H and O–H groups in total. The molecule has 2 rings (SSSR count). The Morgan fingerprint density at radius 1 is 1.26 bits per heavy atom. The molecule has 1 saturated carbocycles. The SMILES string of the molecule is Nc1ccc(N(CCO)CCO)nc1OCC1CC1. The lowest BCUT2D eigenvalue weighted by atomic mass is 10.3. The molecule has 0 atom stereocenters. The van der Waals surface area contributed by atoms with E-state index in [4.69, 9.17) is 20.7 Å². The van der Waals surface area contributed by atoms with Gasteiger partial charge in [0.25, 0.3) is 0 Å². The third-order valence-corrected chi connectivity index (χ3v) is 3.09. The van der Waals surface area contributed by atoms with Crippen LogP contribution >= 0.6 is 0 Å². The molecular weight excluding hydrogens is 246 g/mol. The Labute approximate surface area is 112 Å². The topological polar surface area (TPSA) is 91.8 Å². The molecule has 0 spiro atoms. The highest BCUT2D eigenvalue weighted by molar-refractivity contribution is 5.54. The van der Waals surface area contributed by atoms with E-state index < -0.39 is 0 Å². The summed E-state index contributed by atoms with van der Waals surface area (Å²) in [6, 6.07) is 3.51. The number of anilines is 2. The predicted molar refractivity (Wildman–Crippen MR) is 73.3 cm³/mol. The van der Waals surface area contributed by atoms with Crippen LogP contribution < -0.4 is 15.4 Å². The highest BCUT2D eigenvalue weighted by Gasteiger charge is 2.22. The number of nitrogen functional groups attached to an aromatic ring is 1. The molecule has 6 heteroatoms. The number of aliphatic hydroxyl groups excluding tert-OH is 2. The Bertz CT molecular complexity index is 404. The van der Waals surface area contributed by atoms with Crippen molar-refractivity contribution in [2.45, 2.75) is 12.8 Å². The van der Waals surface area contributed by atoms with Crippen molar-refractivity contribution in [3.63, 3.8) is 0 Å². The van der Waals surface area contributed by atoms with Crippen LogP contribution in [-0.4, -0.2) is 48.1 Å². The molecule has 6 nitrogen and oxygen atoms in total. The lowest BCUT2D eigenvalue weighted by Gasteiger charge is -2.22. The first-order chi connectivity index (χ1) is 9.24. The molecule has 1 aromatic heterocycles. The minimum absolute atomic E-state index is 0.00429. The Morgan fingerprint density at radius 3 is 2.53 bits per heavy atom. The number of aromatic nitrogens is 1. The summed E-state index contributed by atoms with van der Waals surface area (Å²) in [5.41, 5.74) is 6.35. The lowest BCUT2D eigenvalue weighted by molar-refractivity contribution is 0.278. The van der Waals surface area contributed by atoms with Crippen LogP contribution in [0.2, 0.25) is 0 Å². The highest BCUT2D eigenvalue weighted by Crippen LogP contribution is 2.31. The van der Waals surface area contributed by atoms with E-state index in [-0.39, 0.29) is 13.2 Å². The average Bonchev–Trinajstić information content (AvgIpc) is 3.22. The fourth-order valence-electron chi connectivity index (χ4n) is 1.80. The van der Waals surface area contributed by atoms with E-state index in [9.17, 15) is 0 Å². The van der Waals surface area contributed by atoms with Crippen molar-refractivity contribution in [2.24, 2.45) is 5.92 Å². The summed E-state index contributed by atoms with van der Waals surface area (Å²) < 4.78 is 5.62. The van der Waals surface area contributed by atoms with E-state index in [0.29, 0.717) is 43.0 Å². The molecular formula is C13H21N3O3. The molecule has 1 fully saturated rings. The molecule has 19 heavy (non-hydrogen) atoms. The second-order valence-electron chi connectivity index (χ2n) is 4.75. The van der Waals surface area contributed by atoms with Crippen molar-refractivity contribution < 1.29 is 14.9 Å². The smallest absolute Gasteiger partial charge is 0.239 e. The molecule has 1 aliphatic carbocycles. The number of hydrogen-bond acceptors (Lipinski definition) is 6. The minimum Gasteiger partial charge on any atom is -0.476 e. The van der Waals surface area contributed by atoms with Gasteiger partial charge in [-0.1, -0.05) is 0 Å². The molecule has 0 aromatic carbocycles. The normalized spacial score (nSPS) is 14.4. The first kappa shape index (κ1) is 13.9. The van der Waals surface area contributed by atoms with Crippen LogP contribution in [0, 0.1) is 5.92 Å². The van der Waals surface area contributed by atoms with Gasteiger partial charge in [0.15, 0.2) is 0 Å². The molecule has 0 amide bonds. The zero-order valence-electron chi connectivity index (χ0n) is 11.0. The molecule has 0 saturated heterocycles. The molecule has 0 aliphatic heterocycles. The van der Waals surface area contributed by atoms with Crippen molar-refractivity contribution in [1.82, 2.24) is 4.98 Å². The third-order valence-electron chi connectivity index (χ3n) is 3.09. The molecule has 106 valence electrons. The van der Waals surface area contributed by atoms with Gasteiger partial charge in [-0.3, -0.25) is 0 Å². The van der Waals surface area contributed by atoms with Crippen molar-refractivity contribution in [1.29, 1.82) is 0 Å². The maximum absolute atomic E-state index is 9.03. The molecule has 0 radical (unpaired) electrons. The third kappa shape index (κ3) is 3.97. The number of aliphatic hydroxyl groups is 2. The van der Waals surface area contributed by atoms with E-state index in [2.05, 4.69) is 4.98 Å². The van der Waals surface area contributed by atoms with E-state index in [1.807, 2.05) is 0 Å². The monoisotopic (exact) mass is 267 g/mol. The zero-order chi connectivity index (χ0) is 13.7. The maximum atomic E-state index is 9.03. The molecule has 0 bridgehead atoms. The van der Waals surface area contributed by atoms with Gasteiger partial charge in [0.05, 0.1) is 25.5 Å². The van der Waals surface area contributed by atoms with Crippen LogP contribution in [-0.2, 0) is 0 Å². The fraction of sp³-hybridized carbons (Fsp3) is 0.615. The Kier molecular flexibility index (Phi) is 4.81. The van der Waals surface area contributed by atoms with Gasteiger partial charge in [-0.15, -0.1) is 0 Å². The van der Waals surface area contributed by atoms with Crippen molar-refractivity contribution in [3.05, 3.63) is 12.1 Å². The Balaban J connectivity index is 2.07. The number of nitrogens with zero attached hydrogens (tertiary/aromatic N) is 2. The van der Waals surface area contributed by atoms with Crippen molar-refractivity contribution in [3.8, 4) is 5.88 Å². The number of pyridine rings is 1. The summed E-state index contributed by atoms with van der Waals surface area (Å²) in [6.07, 6.45) is 2.42. The molecule has 1 aliphatic rings. The van der Waals surface area contributed by atoms with Gasteiger partial charge < -0.3 is 25.6 Å². The molecule has 1 heterocycles. The quantitative estimate of drug-likeness (QED) is 0.625. The van der Waals surface area contributed by atoms with Crippen LogP contribution in [0.15, 0.2) is 12.1 Å². The van der Waals surface area contributed by atoms with Gasteiger partial charge in [-0.25, -0.2) is 0 Å². The largest absolute Gasteiger partial charge is 0.476 e. The lowest BCUT2D eigenvalue weighted by Crippen LogP contribution is -2.30. The van der Waals surface area contributed by atoms with E-state index >= 15 is 0 Å². The fourth-order valence-corrected chi connectivity index (χ4v) is 1.80. The first-order valence-corrected chi connectivity index (χ1v) is 6.60. The van der Waals surface area contributed by atoms with Gasteiger partial charge in [0.1, 0.15) is 5.82 Å². The first-order valence-electron chi connectivity index (χ1n) is 6.60.